The summed E-state index contributed by atoms with van der Waals surface area (Å²) in [6.45, 7) is 3.71. The average molecular weight is 384 g/mol. The average Bonchev–Trinajstić information content (AvgIpc) is 3.05. The zero-order valence-electron chi connectivity index (χ0n) is 16.0. The Kier molecular flexibility index (Phi) is 5.39. The number of aromatic nitrogens is 1. The second-order valence-corrected chi connectivity index (χ2v) is 7.14. The number of rotatable bonds is 6. The van der Waals surface area contributed by atoms with Crippen molar-refractivity contribution in [3.05, 3.63) is 48.4 Å². The number of aromatic hydroxyl groups is 1. The minimum atomic E-state index is -0.378. The molecule has 28 heavy (non-hydrogen) atoms. The smallest absolute Gasteiger partial charge is 0.203 e. The summed E-state index contributed by atoms with van der Waals surface area (Å²) in [4.78, 5) is 2.42. The predicted octanol–water partition coefficient (Wildman–Crippen LogP) is 4.35. The highest BCUT2D eigenvalue weighted by Gasteiger charge is 2.14. The van der Waals surface area contributed by atoms with Crippen molar-refractivity contribution in [3.63, 3.8) is 0 Å². The molecule has 0 aliphatic carbocycles. The Morgan fingerprint density at radius 2 is 1.86 bits per heavy atom. The second-order valence-electron chi connectivity index (χ2n) is 7.14. The molecular weight excluding hydrogens is 359 g/mol. The van der Waals surface area contributed by atoms with E-state index in [4.69, 9.17) is 9.47 Å². The molecule has 0 atom stereocenters. The van der Waals surface area contributed by atoms with E-state index < -0.39 is 0 Å². The van der Waals surface area contributed by atoms with Crippen molar-refractivity contribution < 1.29 is 19.0 Å². The Labute approximate surface area is 163 Å². The number of fused-ring (bicyclic) bond motifs is 1. The number of hydrogen-bond donors (Lipinski definition) is 1. The van der Waals surface area contributed by atoms with Gasteiger partial charge in [0.1, 0.15) is 12.4 Å². The van der Waals surface area contributed by atoms with Gasteiger partial charge in [-0.3, -0.25) is 9.47 Å². The molecule has 148 valence electrons. The highest BCUT2D eigenvalue weighted by molar-refractivity contribution is 5.88. The van der Waals surface area contributed by atoms with E-state index in [0.29, 0.717) is 23.5 Å². The van der Waals surface area contributed by atoms with Crippen LogP contribution in [0.25, 0.3) is 16.5 Å². The van der Waals surface area contributed by atoms with Crippen LogP contribution in [-0.4, -0.2) is 47.9 Å². The van der Waals surface area contributed by atoms with Gasteiger partial charge in [0.25, 0.3) is 0 Å². The van der Waals surface area contributed by atoms with E-state index in [1.807, 2.05) is 18.2 Å². The molecule has 1 aliphatic rings. The summed E-state index contributed by atoms with van der Waals surface area (Å²) in [6, 6.07) is 9.86. The lowest BCUT2D eigenvalue weighted by atomic mass is 10.1. The molecule has 0 amide bonds. The number of methoxy groups -OCH3 is 1. The van der Waals surface area contributed by atoms with E-state index in [1.54, 1.807) is 23.9 Å². The maximum Gasteiger partial charge on any atom is 0.203 e. The normalized spacial score (nSPS) is 15.1. The van der Waals surface area contributed by atoms with Crippen LogP contribution in [0, 0.1) is 5.82 Å². The van der Waals surface area contributed by atoms with Crippen molar-refractivity contribution in [2.45, 2.75) is 19.3 Å². The number of nitrogens with zero attached hydrogens (tertiary/aromatic N) is 2. The molecule has 0 spiro atoms. The van der Waals surface area contributed by atoms with Crippen molar-refractivity contribution in [2.75, 3.05) is 33.4 Å². The van der Waals surface area contributed by atoms with Crippen LogP contribution in [0.1, 0.15) is 19.3 Å². The summed E-state index contributed by atoms with van der Waals surface area (Å²) in [6.07, 6.45) is 5.59. The van der Waals surface area contributed by atoms with Crippen molar-refractivity contribution in [2.24, 2.45) is 0 Å². The van der Waals surface area contributed by atoms with Crippen LogP contribution in [-0.2, 0) is 0 Å². The van der Waals surface area contributed by atoms with Gasteiger partial charge < -0.3 is 14.6 Å². The number of halogens is 1. The van der Waals surface area contributed by atoms with Crippen LogP contribution in [0.5, 0.6) is 17.4 Å². The summed E-state index contributed by atoms with van der Waals surface area (Å²) in [5.41, 5.74) is 0.725. The third-order valence-electron chi connectivity index (χ3n) is 5.29. The van der Waals surface area contributed by atoms with Crippen LogP contribution in [0.15, 0.2) is 42.6 Å². The molecule has 2 aromatic carbocycles. The molecule has 3 aromatic rings. The highest BCUT2D eigenvalue weighted by atomic mass is 19.1. The van der Waals surface area contributed by atoms with Crippen molar-refractivity contribution in [1.29, 1.82) is 0 Å². The van der Waals surface area contributed by atoms with Gasteiger partial charge in [-0.15, -0.1) is 0 Å². The summed E-state index contributed by atoms with van der Waals surface area (Å²) >= 11 is 0. The SMILES string of the molecule is COc1ccc(-n2cc3ccc(F)cc3c2O)cc1OCCN1CCCCC1. The Bertz CT molecular complexity index is 964. The lowest BCUT2D eigenvalue weighted by Gasteiger charge is -2.26. The summed E-state index contributed by atoms with van der Waals surface area (Å²) in [7, 11) is 1.61. The van der Waals surface area contributed by atoms with Gasteiger partial charge >= 0.3 is 0 Å². The van der Waals surface area contributed by atoms with Gasteiger partial charge in [0.05, 0.1) is 12.8 Å². The van der Waals surface area contributed by atoms with Gasteiger partial charge in [0.2, 0.25) is 5.88 Å². The highest BCUT2D eigenvalue weighted by Crippen LogP contribution is 2.35. The van der Waals surface area contributed by atoms with E-state index in [2.05, 4.69) is 4.90 Å². The topological polar surface area (TPSA) is 46.9 Å². The van der Waals surface area contributed by atoms with E-state index in [9.17, 15) is 9.50 Å². The van der Waals surface area contributed by atoms with E-state index in [-0.39, 0.29) is 11.7 Å². The van der Waals surface area contributed by atoms with Crippen LogP contribution < -0.4 is 9.47 Å². The summed E-state index contributed by atoms with van der Waals surface area (Å²) in [5, 5.41) is 11.8. The van der Waals surface area contributed by atoms with Crippen molar-refractivity contribution in [3.8, 4) is 23.1 Å². The van der Waals surface area contributed by atoms with E-state index in [1.165, 1.54) is 31.4 Å². The van der Waals surface area contributed by atoms with Gasteiger partial charge in [0.15, 0.2) is 11.5 Å². The van der Waals surface area contributed by atoms with Gasteiger partial charge in [-0.2, -0.15) is 0 Å². The molecule has 0 bridgehead atoms. The zero-order valence-corrected chi connectivity index (χ0v) is 16.0. The van der Waals surface area contributed by atoms with Gasteiger partial charge in [0, 0.05) is 29.6 Å². The first kappa shape index (κ1) is 18.6. The third-order valence-corrected chi connectivity index (χ3v) is 5.29. The van der Waals surface area contributed by atoms with Crippen LogP contribution in [0.4, 0.5) is 4.39 Å². The summed E-state index contributed by atoms with van der Waals surface area (Å²) < 4.78 is 26.6. The molecule has 1 N–H and O–H groups in total. The van der Waals surface area contributed by atoms with Gasteiger partial charge in [-0.1, -0.05) is 6.42 Å². The van der Waals surface area contributed by atoms with Crippen molar-refractivity contribution >= 4 is 10.8 Å². The van der Waals surface area contributed by atoms with Crippen LogP contribution >= 0.6 is 0 Å². The van der Waals surface area contributed by atoms with Crippen LogP contribution in [0.3, 0.4) is 0 Å². The molecule has 0 unspecified atom stereocenters. The third kappa shape index (κ3) is 3.78. The molecule has 1 fully saturated rings. The first-order chi connectivity index (χ1) is 13.7. The minimum Gasteiger partial charge on any atom is -0.494 e. The molecule has 0 saturated carbocycles. The molecule has 1 aliphatic heterocycles. The number of piperidine rings is 1. The largest absolute Gasteiger partial charge is 0.494 e. The minimum absolute atomic E-state index is 0.000987. The molecule has 6 heteroatoms. The molecule has 2 heterocycles. The monoisotopic (exact) mass is 384 g/mol. The fraction of sp³-hybridized carbons (Fsp3) is 0.364. The lowest BCUT2D eigenvalue weighted by molar-refractivity contribution is 0.180. The fourth-order valence-corrected chi connectivity index (χ4v) is 3.76. The van der Waals surface area contributed by atoms with E-state index >= 15 is 0 Å². The Morgan fingerprint density at radius 1 is 1.04 bits per heavy atom. The van der Waals surface area contributed by atoms with Crippen molar-refractivity contribution in [1.82, 2.24) is 9.47 Å². The fourth-order valence-electron chi connectivity index (χ4n) is 3.76. The molecule has 0 radical (unpaired) electrons. The molecule has 1 aromatic heterocycles. The Balaban J connectivity index is 1.57. The molecular formula is C22H25FN2O3. The molecule has 1 saturated heterocycles. The first-order valence-corrected chi connectivity index (χ1v) is 9.69. The Morgan fingerprint density at radius 3 is 2.64 bits per heavy atom. The van der Waals surface area contributed by atoms with E-state index in [0.717, 1.165) is 30.7 Å². The maximum absolute atomic E-state index is 13.5. The maximum atomic E-state index is 13.5. The number of likely N-dealkylation sites (tertiary alicyclic amines) is 1. The lowest BCUT2D eigenvalue weighted by Crippen LogP contribution is -2.33. The van der Waals surface area contributed by atoms with Gasteiger partial charge in [-0.05, 0) is 56.3 Å². The molecule has 4 rings (SSSR count). The van der Waals surface area contributed by atoms with Gasteiger partial charge in [-0.25, -0.2) is 4.39 Å². The number of benzene rings is 2. The molecule has 5 nitrogen and oxygen atoms in total. The Hall–Kier alpha value is -2.73. The zero-order chi connectivity index (χ0) is 19.5. The standard InChI is InChI=1S/C22H25FN2O3/c1-27-20-8-7-18(14-21(20)28-12-11-24-9-3-2-4-10-24)25-15-16-5-6-17(23)13-19(16)22(25)26/h5-8,13-15,26H,2-4,9-12H2,1H3. The number of hydrogen-bond acceptors (Lipinski definition) is 4. The summed E-state index contributed by atoms with van der Waals surface area (Å²) in [5.74, 6) is 0.890. The predicted molar refractivity (Wildman–Crippen MR) is 107 cm³/mol. The quantitative estimate of drug-likeness (QED) is 0.686. The first-order valence-electron chi connectivity index (χ1n) is 9.69. The van der Waals surface area contributed by atoms with Crippen LogP contribution in [0.2, 0.25) is 0 Å². The number of ether oxygens (including phenoxy) is 2. The second kappa shape index (κ2) is 8.10.